The molecule has 5 heteroatoms. The molecule has 2 atom stereocenters. The van der Waals surface area contributed by atoms with Gasteiger partial charge in [-0.3, -0.25) is 9.69 Å². The average molecular weight is 292 g/mol. The summed E-state index contributed by atoms with van der Waals surface area (Å²) in [6, 6.07) is 6.64. The zero-order valence-corrected chi connectivity index (χ0v) is 13.0. The predicted molar refractivity (Wildman–Crippen MR) is 81.2 cm³/mol. The SMILES string of the molecule is COc1ccc([C@H](O)[C@H](C(=O)N2CCCC2)N(C)C)cc1. The van der Waals surface area contributed by atoms with E-state index in [0.29, 0.717) is 0 Å². The zero-order valence-electron chi connectivity index (χ0n) is 13.0. The fourth-order valence-electron chi connectivity index (χ4n) is 2.75. The monoisotopic (exact) mass is 292 g/mol. The molecule has 116 valence electrons. The second-order valence-electron chi connectivity index (χ2n) is 5.66. The van der Waals surface area contributed by atoms with Crippen molar-refractivity contribution in [1.82, 2.24) is 9.80 Å². The Bertz CT molecular complexity index is 467. The maximum Gasteiger partial charge on any atom is 0.242 e. The summed E-state index contributed by atoms with van der Waals surface area (Å²) in [5.41, 5.74) is 0.724. The van der Waals surface area contributed by atoms with Crippen LogP contribution in [-0.4, -0.2) is 61.2 Å². The molecule has 21 heavy (non-hydrogen) atoms. The van der Waals surface area contributed by atoms with Gasteiger partial charge in [-0.15, -0.1) is 0 Å². The van der Waals surface area contributed by atoms with Crippen molar-refractivity contribution in [3.05, 3.63) is 29.8 Å². The Balaban J connectivity index is 2.17. The molecule has 1 aromatic rings. The van der Waals surface area contributed by atoms with Crippen LogP contribution in [0.5, 0.6) is 5.75 Å². The van der Waals surface area contributed by atoms with Gasteiger partial charge in [-0.1, -0.05) is 12.1 Å². The van der Waals surface area contributed by atoms with Crippen LogP contribution < -0.4 is 4.74 Å². The Hall–Kier alpha value is -1.59. The molecule has 0 aliphatic carbocycles. The van der Waals surface area contributed by atoms with Gasteiger partial charge in [-0.2, -0.15) is 0 Å². The molecule has 1 N–H and O–H groups in total. The molecule has 0 spiro atoms. The van der Waals surface area contributed by atoms with Crippen molar-refractivity contribution >= 4 is 5.91 Å². The van der Waals surface area contributed by atoms with Crippen LogP contribution in [0.4, 0.5) is 0 Å². The van der Waals surface area contributed by atoms with E-state index in [1.165, 1.54) is 0 Å². The smallest absolute Gasteiger partial charge is 0.242 e. The topological polar surface area (TPSA) is 53.0 Å². The lowest BCUT2D eigenvalue weighted by Crippen LogP contribution is -2.48. The molecule has 0 unspecified atom stereocenters. The van der Waals surface area contributed by atoms with Crippen molar-refractivity contribution in [2.24, 2.45) is 0 Å². The number of methoxy groups -OCH3 is 1. The fraction of sp³-hybridized carbons (Fsp3) is 0.562. The lowest BCUT2D eigenvalue weighted by atomic mass is 10.00. The van der Waals surface area contributed by atoms with Crippen molar-refractivity contribution in [3.8, 4) is 5.75 Å². The number of hydrogen-bond donors (Lipinski definition) is 1. The third-order valence-electron chi connectivity index (χ3n) is 3.98. The van der Waals surface area contributed by atoms with Crippen LogP contribution in [0.25, 0.3) is 0 Å². The Morgan fingerprint density at radius 2 is 1.81 bits per heavy atom. The summed E-state index contributed by atoms with van der Waals surface area (Å²) in [7, 11) is 5.25. The zero-order chi connectivity index (χ0) is 15.4. The quantitative estimate of drug-likeness (QED) is 0.888. The van der Waals surface area contributed by atoms with Crippen LogP contribution in [0, 0.1) is 0 Å². The van der Waals surface area contributed by atoms with Gasteiger partial charge < -0.3 is 14.7 Å². The molecule has 5 nitrogen and oxygen atoms in total. The molecule has 1 fully saturated rings. The van der Waals surface area contributed by atoms with Crippen LogP contribution in [0.1, 0.15) is 24.5 Å². The van der Waals surface area contributed by atoms with E-state index in [1.807, 2.05) is 19.0 Å². The molecular weight excluding hydrogens is 268 g/mol. The highest BCUT2D eigenvalue weighted by Gasteiger charge is 2.34. The van der Waals surface area contributed by atoms with Gasteiger partial charge in [0.25, 0.3) is 0 Å². The minimum absolute atomic E-state index is 0.000757. The number of ether oxygens (including phenoxy) is 1. The summed E-state index contributed by atoms with van der Waals surface area (Å²) in [5, 5.41) is 10.6. The first-order valence-electron chi connectivity index (χ1n) is 7.32. The predicted octanol–water partition coefficient (Wildman–Crippen LogP) is 1.28. The summed E-state index contributed by atoms with van der Waals surface area (Å²) in [4.78, 5) is 16.3. The number of amides is 1. The third-order valence-corrected chi connectivity index (χ3v) is 3.98. The molecule has 0 radical (unpaired) electrons. The van der Waals surface area contributed by atoms with Crippen LogP contribution in [0.3, 0.4) is 0 Å². The molecule has 2 rings (SSSR count). The van der Waals surface area contributed by atoms with Crippen molar-refractivity contribution in [3.63, 3.8) is 0 Å². The Morgan fingerprint density at radius 1 is 1.24 bits per heavy atom. The Kier molecular flexibility index (Phi) is 5.20. The number of carbonyl (C=O) groups is 1. The molecule has 0 bridgehead atoms. The molecule has 1 aliphatic heterocycles. The van der Waals surface area contributed by atoms with Crippen molar-refractivity contribution < 1.29 is 14.6 Å². The van der Waals surface area contributed by atoms with Gasteiger partial charge in [0.15, 0.2) is 0 Å². The van der Waals surface area contributed by atoms with E-state index in [4.69, 9.17) is 4.74 Å². The maximum absolute atomic E-state index is 12.6. The van der Waals surface area contributed by atoms with E-state index in [2.05, 4.69) is 0 Å². The van der Waals surface area contributed by atoms with Gasteiger partial charge in [0.1, 0.15) is 17.9 Å². The maximum atomic E-state index is 12.6. The minimum Gasteiger partial charge on any atom is -0.497 e. The van der Waals surface area contributed by atoms with E-state index in [0.717, 1.165) is 37.2 Å². The number of likely N-dealkylation sites (tertiary alicyclic amines) is 1. The minimum atomic E-state index is -0.848. The standard InChI is InChI=1S/C16H24N2O3/c1-17(2)14(16(20)18-10-4-5-11-18)15(19)12-6-8-13(21-3)9-7-12/h6-9,14-15,19H,4-5,10-11H2,1-3H3/t14-,15+/m1/s1. The summed E-state index contributed by atoms with van der Waals surface area (Å²) < 4.78 is 5.12. The number of hydrogen-bond acceptors (Lipinski definition) is 4. The summed E-state index contributed by atoms with van der Waals surface area (Å²) in [6.45, 7) is 1.58. The van der Waals surface area contributed by atoms with Crippen molar-refractivity contribution in [2.45, 2.75) is 25.0 Å². The van der Waals surface area contributed by atoms with Gasteiger partial charge >= 0.3 is 0 Å². The molecule has 1 heterocycles. The number of carbonyl (C=O) groups excluding carboxylic acids is 1. The molecule has 1 amide bonds. The Morgan fingerprint density at radius 3 is 2.29 bits per heavy atom. The average Bonchev–Trinajstić information content (AvgIpc) is 3.01. The summed E-state index contributed by atoms with van der Waals surface area (Å²) in [5.74, 6) is 0.735. The van der Waals surface area contributed by atoms with Gasteiger partial charge in [0.05, 0.1) is 7.11 Å². The number of likely N-dealkylation sites (N-methyl/N-ethyl adjacent to an activating group) is 1. The van der Waals surface area contributed by atoms with Gasteiger partial charge in [0.2, 0.25) is 5.91 Å². The number of aliphatic hydroxyl groups excluding tert-OH is 1. The third kappa shape index (κ3) is 3.54. The summed E-state index contributed by atoms with van der Waals surface area (Å²) >= 11 is 0. The first-order valence-corrected chi connectivity index (χ1v) is 7.32. The summed E-state index contributed by atoms with van der Waals surface area (Å²) in [6.07, 6.45) is 1.24. The second-order valence-corrected chi connectivity index (χ2v) is 5.66. The molecule has 0 saturated carbocycles. The first kappa shape index (κ1) is 15.8. The van der Waals surface area contributed by atoms with E-state index in [9.17, 15) is 9.90 Å². The van der Waals surface area contributed by atoms with E-state index in [1.54, 1.807) is 36.3 Å². The first-order chi connectivity index (χ1) is 10.0. The van der Waals surface area contributed by atoms with Crippen molar-refractivity contribution in [2.75, 3.05) is 34.3 Å². The number of aliphatic hydroxyl groups is 1. The van der Waals surface area contributed by atoms with Gasteiger partial charge in [-0.05, 0) is 44.6 Å². The van der Waals surface area contributed by atoms with Crippen LogP contribution in [0.15, 0.2) is 24.3 Å². The highest BCUT2D eigenvalue weighted by molar-refractivity contribution is 5.83. The number of benzene rings is 1. The molecule has 1 aliphatic rings. The molecule has 0 aromatic heterocycles. The number of nitrogens with zero attached hydrogens (tertiary/aromatic N) is 2. The highest BCUT2D eigenvalue weighted by Crippen LogP contribution is 2.24. The fourth-order valence-corrected chi connectivity index (χ4v) is 2.75. The highest BCUT2D eigenvalue weighted by atomic mass is 16.5. The second kappa shape index (κ2) is 6.91. The lowest BCUT2D eigenvalue weighted by Gasteiger charge is -2.31. The number of rotatable bonds is 5. The van der Waals surface area contributed by atoms with E-state index < -0.39 is 12.1 Å². The van der Waals surface area contributed by atoms with Crippen LogP contribution in [0.2, 0.25) is 0 Å². The van der Waals surface area contributed by atoms with Crippen molar-refractivity contribution in [1.29, 1.82) is 0 Å². The van der Waals surface area contributed by atoms with Gasteiger partial charge in [-0.25, -0.2) is 0 Å². The lowest BCUT2D eigenvalue weighted by molar-refractivity contribution is -0.139. The van der Waals surface area contributed by atoms with Crippen LogP contribution in [-0.2, 0) is 4.79 Å². The normalized spacial score (nSPS) is 17.9. The Labute approximate surface area is 126 Å². The largest absolute Gasteiger partial charge is 0.497 e. The van der Waals surface area contributed by atoms with Crippen LogP contribution >= 0.6 is 0 Å². The van der Waals surface area contributed by atoms with E-state index >= 15 is 0 Å². The van der Waals surface area contributed by atoms with Gasteiger partial charge in [0, 0.05) is 13.1 Å². The van der Waals surface area contributed by atoms with E-state index in [-0.39, 0.29) is 5.91 Å². The molecule has 1 saturated heterocycles. The molecule has 1 aromatic carbocycles. The molecular formula is C16H24N2O3.